The van der Waals surface area contributed by atoms with Crippen LogP contribution in [-0.2, 0) is 13.1 Å². The third-order valence-corrected chi connectivity index (χ3v) is 5.15. The number of hydrogen-bond donors (Lipinski definition) is 0. The molecule has 0 aliphatic heterocycles. The minimum Gasteiger partial charge on any atom is -1.00 e. The van der Waals surface area contributed by atoms with Crippen molar-refractivity contribution in [3.05, 3.63) is 66.7 Å². The average molecular weight is 618 g/mol. The molecular weight excluding hydrogens is 597 g/mol. The number of para-hydroxylation sites is 4. The van der Waals surface area contributed by atoms with E-state index in [9.17, 15) is 0 Å². The van der Waals surface area contributed by atoms with E-state index in [1.165, 1.54) is 0 Å². The average Bonchev–Trinajstić information content (AvgIpc) is 3.32. The molecule has 3 heterocycles. The number of nitrogens with zero attached hydrogens (tertiary/aromatic N) is 5. The van der Waals surface area contributed by atoms with Crippen molar-refractivity contribution in [2.75, 3.05) is 0 Å². The maximum Gasteiger partial charge on any atom is 3.00 e. The second kappa shape index (κ2) is 12.3. The van der Waals surface area contributed by atoms with Gasteiger partial charge in [-0.25, -0.2) is 15.0 Å². The minimum absolute atomic E-state index is 0. The van der Waals surface area contributed by atoms with E-state index in [1.807, 2.05) is 54.6 Å². The first-order chi connectivity index (χ1) is 13.8. The van der Waals surface area contributed by atoms with Gasteiger partial charge in [0.15, 0.2) is 11.6 Å². The topological polar surface area (TPSA) is 48.5 Å². The number of rotatable bonds is 4. The molecule has 0 aliphatic carbocycles. The fraction of sp³-hybridized carbons (Fsp3) is 0.174. The summed E-state index contributed by atoms with van der Waals surface area (Å²) < 4.78 is 4.43. The summed E-state index contributed by atoms with van der Waals surface area (Å²) in [6.45, 7) is 5.96. The van der Waals surface area contributed by atoms with Gasteiger partial charge in [-0.15, -0.1) is 0 Å². The van der Waals surface area contributed by atoms with Gasteiger partial charge in [-0.3, -0.25) is 0 Å². The summed E-state index contributed by atoms with van der Waals surface area (Å²) in [5, 5.41) is 0. The van der Waals surface area contributed by atoms with Crippen LogP contribution in [0.2, 0.25) is 0 Å². The van der Waals surface area contributed by atoms with Crippen LogP contribution < -0.4 is 37.2 Å². The Morgan fingerprint density at radius 2 is 0.969 bits per heavy atom. The molecule has 0 saturated heterocycles. The number of benzene rings is 2. The first kappa shape index (κ1) is 28.8. The van der Waals surface area contributed by atoms with Gasteiger partial charge in [0.1, 0.15) is 11.4 Å². The van der Waals surface area contributed by atoms with E-state index < -0.39 is 0 Å². The van der Waals surface area contributed by atoms with E-state index in [-0.39, 0.29) is 78.1 Å². The van der Waals surface area contributed by atoms with Gasteiger partial charge in [0.25, 0.3) is 0 Å². The first-order valence-corrected chi connectivity index (χ1v) is 9.68. The predicted molar refractivity (Wildman–Crippen MR) is 113 cm³/mol. The van der Waals surface area contributed by atoms with E-state index in [0.29, 0.717) is 0 Å². The van der Waals surface area contributed by atoms with Crippen molar-refractivity contribution in [1.29, 1.82) is 0 Å². The molecule has 0 bridgehead atoms. The van der Waals surface area contributed by atoms with Crippen LogP contribution in [-0.4, -0.2) is 24.1 Å². The zero-order valence-electron chi connectivity index (χ0n) is 17.6. The van der Waals surface area contributed by atoms with Gasteiger partial charge in [-0.05, 0) is 50.2 Å². The summed E-state index contributed by atoms with van der Waals surface area (Å²) in [6, 6.07) is 22.5. The molecule has 32 heavy (non-hydrogen) atoms. The second-order valence-corrected chi connectivity index (χ2v) is 6.74. The summed E-state index contributed by atoms with van der Waals surface area (Å²) in [5.41, 5.74) is 5.98. The van der Waals surface area contributed by atoms with Crippen molar-refractivity contribution in [3.8, 4) is 23.0 Å². The fourth-order valence-corrected chi connectivity index (χ4v) is 3.87. The molecule has 1 radical (unpaired) electrons. The predicted octanol–water partition coefficient (Wildman–Crippen LogP) is -3.83. The molecule has 5 rings (SSSR count). The largest absolute Gasteiger partial charge is 3.00 e. The summed E-state index contributed by atoms with van der Waals surface area (Å²) in [7, 11) is 0. The Morgan fingerprint density at radius 1 is 0.562 bits per heavy atom. The smallest absolute Gasteiger partial charge is 1.00 e. The van der Waals surface area contributed by atoms with E-state index in [0.717, 1.165) is 58.2 Å². The van der Waals surface area contributed by atoms with Crippen LogP contribution in [0.1, 0.15) is 13.8 Å². The summed E-state index contributed by atoms with van der Waals surface area (Å²) in [4.78, 5) is 14.6. The molecule has 5 nitrogen and oxygen atoms in total. The van der Waals surface area contributed by atoms with Crippen molar-refractivity contribution in [2.24, 2.45) is 0 Å². The molecule has 0 fully saturated rings. The summed E-state index contributed by atoms with van der Waals surface area (Å²) in [5.74, 6) is 1.79. The Balaban J connectivity index is 0.00000128. The van der Waals surface area contributed by atoms with Gasteiger partial charge in [-0.1, -0.05) is 30.3 Å². The van der Waals surface area contributed by atoms with Gasteiger partial charge >= 0.3 is 40.8 Å². The van der Waals surface area contributed by atoms with Gasteiger partial charge in [0, 0.05) is 13.1 Å². The number of fused-ring (bicyclic) bond motifs is 2. The van der Waals surface area contributed by atoms with Gasteiger partial charge in [0.2, 0.25) is 0 Å². The molecule has 5 aromatic rings. The van der Waals surface area contributed by atoms with Gasteiger partial charge in [-0.2, -0.15) is 0 Å². The van der Waals surface area contributed by atoms with Gasteiger partial charge in [0.05, 0.1) is 22.1 Å². The zero-order valence-corrected chi connectivity index (χ0v) is 23.1. The van der Waals surface area contributed by atoms with Crippen molar-refractivity contribution in [2.45, 2.75) is 26.9 Å². The molecule has 163 valence electrons. The maximum atomic E-state index is 4.95. The van der Waals surface area contributed by atoms with E-state index >= 15 is 0 Å². The number of imidazole rings is 2. The third-order valence-electron chi connectivity index (χ3n) is 5.15. The number of pyridine rings is 1. The SMILES string of the molecule is CCn1c(-c2cccc(-c3nc4ccccc4n3CC)n2)nc2ccccc21.[Cl-].[Cl-].[Cl-].[Nd+3]. The van der Waals surface area contributed by atoms with Crippen LogP contribution in [0.15, 0.2) is 66.7 Å². The van der Waals surface area contributed by atoms with Crippen molar-refractivity contribution < 1.29 is 78.1 Å². The van der Waals surface area contributed by atoms with Crippen molar-refractivity contribution in [3.63, 3.8) is 0 Å². The molecule has 0 saturated carbocycles. The summed E-state index contributed by atoms with van der Waals surface area (Å²) in [6.07, 6.45) is 0. The quantitative estimate of drug-likeness (QED) is 0.208. The molecule has 0 aliphatic rings. The Kier molecular flexibility index (Phi) is 11.0. The maximum absolute atomic E-state index is 4.95. The first-order valence-electron chi connectivity index (χ1n) is 9.68. The van der Waals surface area contributed by atoms with E-state index in [4.69, 9.17) is 15.0 Å². The van der Waals surface area contributed by atoms with Crippen LogP contribution in [0.5, 0.6) is 0 Å². The standard InChI is InChI=1S/C23H21N5.3ClH.Nd/c1-3-27-20-14-7-5-10-16(20)25-22(27)18-12-9-13-19(24-18)23-26-17-11-6-8-15-21(17)28(23)4-2;;;;/h5-15H,3-4H2,1-2H3;3*1H;/q;;;;+3/p-3. The Morgan fingerprint density at radius 3 is 1.38 bits per heavy atom. The van der Waals surface area contributed by atoms with Crippen LogP contribution >= 0.6 is 0 Å². The number of aryl methyl sites for hydroxylation is 2. The van der Waals surface area contributed by atoms with Crippen LogP contribution in [0.25, 0.3) is 45.1 Å². The molecule has 3 aromatic heterocycles. The molecule has 0 spiro atoms. The number of aromatic nitrogens is 5. The van der Waals surface area contributed by atoms with Crippen molar-refractivity contribution in [1.82, 2.24) is 24.1 Å². The Hall–Kier alpha value is -1.25. The van der Waals surface area contributed by atoms with Gasteiger partial charge < -0.3 is 46.4 Å². The fourth-order valence-electron chi connectivity index (χ4n) is 3.87. The second-order valence-electron chi connectivity index (χ2n) is 6.74. The van der Waals surface area contributed by atoms with E-state index in [2.05, 4.69) is 35.1 Å². The van der Waals surface area contributed by atoms with Crippen LogP contribution in [0, 0.1) is 40.8 Å². The monoisotopic (exact) mass is 614 g/mol. The molecule has 0 unspecified atom stereocenters. The third kappa shape index (κ3) is 4.97. The molecular formula is C23H21Cl3N5Nd. The zero-order chi connectivity index (χ0) is 19.1. The van der Waals surface area contributed by atoms with Crippen molar-refractivity contribution >= 4 is 22.1 Å². The molecule has 2 aromatic carbocycles. The van der Waals surface area contributed by atoms with Crippen LogP contribution in [0.3, 0.4) is 0 Å². The Labute approximate surface area is 238 Å². The normalized spacial score (nSPS) is 10.1. The molecule has 9 heteroatoms. The molecule has 0 atom stereocenters. The number of halogens is 3. The number of hydrogen-bond acceptors (Lipinski definition) is 3. The molecule has 0 N–H and O–H groups in total. The minimum atomic E-state index is 0. The van der Waals surface area contributed by atoms with E-state index in [1.54, 1.807) is 0 Å². The Bertz CT molecular complexity index is 1220. The van der Waals surface area contributed by atoms with Crippen LogP contribution in [0.4, 0.5) is 0 Å². The molecule has 0 amide bonds. The summed E-state index contributed by atoms with van der Waals surface area (Å²) >= 11 is 0.